The lowest BCUT2D eigenvalue weighted by Gasteiger charge is -2.44. The van der Waals surface area contributed by atoms with Crippen LogP contribution in [-0.4, -0.2) is 45.7 Å². The highest BCUT2D eigenvalue weighted by Crippen LogP contribution is 2.40. The predicted octanol–water partition coefficient (Wildman–Crippen LogP) is 4.90. The van der Waals surface area contributed by atoms with E-state index in [0.717, 1.165) is 43.5 Å². The van der Waals surface area contributed by atoms with Gasteiger partial charge in [-0.25, -0.2) is 14.6 Å². The van der Waals surface area contributed by atoms with Crippen LogP contribution in [0.4, 0.5) is 4.79 Å². The Morgan fingerprint density at radius 2 is 1.93 bits per heavy atom. The summed E-state index contributed by atoms with van der Waals surface area (Å²) in [5.41, 5.74) is 0.255. The van der Waals surface area contributed by atoms with Crippen LogP contribution in [0.2, 0.25) is 0 Å². The zero-order chi connectivity index (χ0) is 19.6. The number of hydrogen-bond acceptors (Lipinski definition) is 5. The molecular formula is C20H30N2O4S. The van der Waals surface area contributed by atoms with Gasteiger partial charge in [-0.2, -0.15) is 0 Å². The van der Waals surface area contributed by atoms with E-state index in [-0.39, 0.29) is 29.4 Å². The van der Waals surface area contributed by atoms with Gasteiger partial charge in [0.25, 0.3) is 0 Å². The Hall–Kier alpha value is -1.63. The van der Waals surface area contributed by atoms with E-state index in [1.807, 2.05) is 0 Å². The van der Waals surface area contributed by atoms with Gasteiger partial charge in [-0.05, 0) is 43.9 Å². The Bertz CT molecular complexity index is 676. The smallest absolute Gasteiger partial charge is 0.407 e. The van der Waals surface area contributed by atoms with Gasteiger partial charge < -0.3 is 14.7 Å². The summed E-state index contributed by atoms with van der Waals surface area (Å²) in [6, 6.07) is -0.0599. The normalized spacial score (nSPS) is 24.6. The number of carbonyl (C=O) groups excluding carboxylic acids is 1. The lowest BCUT2D eigenvalue weighted by atomic mass is 9.77. The van der Waals surface area contributed by atoms with Crippen LogP contribution in [0, 0.1) is 5.41 Å². The number of nitrogens with zero attached hydrogens (tertiary/aromatic N) is 2. The third kappa shape index (κ3) is 4.81. The number of carboxylic acid groups (broad SMARTS) is 1. The van der Waals surface area contributed by atoms with Crippen molar-refractivity contribution in [3.05, 3.63) is 16.1 Å². The predicted molar refractivity (Wildman–Crippen MR) is 104 cm³/mol. The fourth-order valence-electron chi connectivity index (χ4n) is 4.20. The molecule has 6 nitrogen and oxygen atoms in total. The standard InChI is InChI=1S/C20H30N2O4S/c1-20(2,3)16-11-13(9-10-22(16)19(24)25)17-21-15(12-27-17)18(23)26-14-7-5-4-6-8-14/h12-14,16H,4-11H2,1-3H3,(H,24,25). The van der Waals surface area contributed by atoms with Crippen LogP contribution < -0.4 is 0 Å². The van der Waals surface area contributed by atoms with E-state index in [9.17, 15) is 14.7 Å². The van der Waals surface area contributed by atoms with Crippen molar-refractivity contribution in [3.63, 3.8) is 0 Å². The summed E-state index contributed by atoms with van der Waals surface area (Å²) in [4.78, 5) is 30.1. The fraction of sp³-hybridized carbons (Fsp3) is 0.750. The highest BCUT2D eigenvalue weighted by atomic mass is 32.1. The number of carbonyl (C=O) groups is 2. The summed E-state index contributed by atoms with van der Waals surface area (Å²) in [5.74, 6) is -0.134. The molecule has 3 rings (SSSR count). The van der Waals surface area contributed by atoms with Crippen LogP contribution >= 0.6 is 11.3 Å². The second-order valence-electron chi connectivity index (χ2n) is 8.82. The molecular weight excluding hydrogens is 364 g/mol. The minimum absolute atomic E-state index is 0.0282. The lowest BCUT2D eigenvalue weighted by Crippen LogP contribution is -2.51. The number of hydrogen-bond donors (Lipinski definition) is 1. The summed E-state index contributed by atoms with van der Waals surface area (Å²) in [6.07, 6.45) is 6.01. The molecule has 7 heteroatoms. The molecule has 2 fully saturated rings. The summed E-state index contributed by atoms with van der Waals surface area (Å²) >= 11 is 1.49. The van der Waals surface area contributed by atoms with E-state index in [0.29, 0.717) is 12.2 Å². The van der Waals surface area contributed by atoms with Gasteiger partial charge in [-0.3, -0.25) is 0 Å². The quantitative estimate of drug-likeness (QED) is 0.737. The van der Waals surface area contributed by atoms with Crippen LogP contribution in [0.15, 0.2) is 5.38 Å². The first-order valence-corrected chi connectivity index (χ1v) is 10.8. The van der Waals surface area contributed by atoms with Gasteiger partial charge in [-0.1, -0.05) is 27.2 Å². The first-order chi connectivity index (χ1) is 12.8. The number of rotatable bonds is 3. The van der Waals surface area contributed by atoms with E-state index in [4.69, 9.17) is 4.74 Å². The highest BCUT2D eigenvalue weighted by Gasteiger charge is 2.40. The maximum atomic E-state index is 12.4. The van der Waals surface area contributed by atoms with Gasteiger partial charge in [0, 0.05) is 23.9 Å². The zero-order valence-corrected chi connectivity index (χ0v) is 17.3. The number of amides is 1. The van der Waals surface area contributed by atoms with Crippen molar-refractivity contribution in [3.8, 4) is 0 Å². The first-order valence-electron chi connectivity index (χ1n) is 9.91. The molecule has 1 aromatic heterocycles. The first kappa shape index (κ1) is 20.1. The minimum atomic E-state index is -0.857. The van der Waals surface area contributed by atoms with Crippen LogP contribution in [0.25, 0.3) is 0 Å². The van der Waals surface area contributed by atoms with Crippen LogP contribution in [0.3, 0.4) is 0 Å². The molecule has 1 aliphatic heterocycles. The molecule has 2 aliphatic rings. The zero-order valence-electron chi connectivity index (χ0n) is 16.4. The molecule has 1 saturated carbocycles. The van der Waals surface area contributed by atoms with Gasteiger partial charge in [-0.15, -0.1) is 11.3 Å². The molecule has 2 atom stereocenters. The second kappa shape index (κ2) is 8.17. The summed E-state index contributed by atoms with van der Waals surface area (Å²) < 4.78 is 5.62. The van der Waals surface area contributed by atoms with Crippen LogP contribution in [0.5, 0.6) is 0 Å². The number of ether oxygens (including phenoxy) is 1. The van der Waals surface area contributed by atoms with Gasteiger partial charge in [0.2, 0.25) is 0 Å². The van der Waals surface area contributed by atoms with Gasteiger partial charge in [0.1, 0.15) is 6.10 Å². The molecule has 1 saturated heterocycles. The average molecular weight is 395 g/mol. The van der Waals surface area contributed by atoms with Crippen molar-refractivity contribution < 1.29 is 19.4 Å². The lowest BCUT2D eigenvalue weighted by molar-refractivity contribution is 0.0205. The molecule has 1 aliphatic carbocycles. The Kier molecular flexibility index (Phi) is 6.08. The van der Waals surface area contributed by atoms with Crippen molar-refractivity contribution in [1.29, 1.82) is 0 Å². The second-order valence-corrected chi connectivity index (χ2v) is 9.71. The van der Waals surface area contributed by atoms with Gasteiger partial charge in [0.05, 0.1) is 5.01 Å². The molecule has 2 heterocycles. The van der Waals surface area contributed by atoms with E-state index < -0.39 is 6.09 Å². The van der Waals surface area contributed by atoms with E-state index >= 15 is 0 Å². The highest BCUT2D eigenvalue weighted by molar-refractivity contribution is 7.09. The molecule has 0 spiro atoms. The number of thiazole rings is 1. The van der Waals surface area contributed by atoms with E-state index in [1.165, 1.54) is 17.8 Å². The van der Waals surface area contributed by atoms with Crippen molar-refractivity contribution in [1.82, 2.24) is 9.88 Å². The molecule has 1 N–H and O–H groups in total. The Labute approximate surface area is 164 Å². The maximum Gasteiger partial charge on any atom is 0.407 e. The molecule has 1 aromatic rings. The van der Waals surface area contributed by atoms with E-state index in [2.05, 4.69) is 25.8 Å². The SMILES string of the molecule is CC(C)(C)C1CC(c2nc(C(=O)OC3CCCCC3)cs2)CCN1C(=O)O. The summed E-state index contributed by atoms with van der Waals surface area (Å²) in [7, 11) is 0. The molecule has 1 amide bonds. The number of likely N-dealkylation sites (tertiary alicyclic amines) is 1. The Morgan fingerprint density at radius 3 is 2.56 bits per heavy atom. The van der Waals surface area contributed by atoms with Crippen LogP contribution in [0.1, 0.15) is 87.1 Å². The maximum absolute atomic E-state index is 12.4. The van der Waals surface area contributed by atoms with Crippen molar-refractivity contribution in [2.75, 3.05) is 6.54 Å². The third-order valence-electron chi connectivity index (χ3n) is 5.75. The van der Waals surface area contributed by atoms with E-state index in [1.54, 1.807) is 10.3 Å². The largest absolute Gasteiger partial charge is 0.465 e. The fourth-order valence-corrected chi connectivity index (χ4v) is 5.14. The summed E-state index contributed by atoms with van der Waals surface area (Å²) in [6.45, 7) is 6.73. The van der Waals surface area contributed by atoms with Crippen molar-refractivity contribution in [2.24, 2.45) is 5.41 Å². The van der Waals surface area contributed by atoms with Gasteiger partial charge in [0.15, 0.2) is 5.69 Å². The third-order valence-corrected chi connectivity index (χ3v) is 6.76. The number of aromatic nitrogens is 1. The monoisotopic (exact) mass is 394 g/mol. The molecule has 27 heavy (non-hydrogen) atoms. The molecule has 0 radical (unpaired) electrons. The topological polar surface area (TPSA) is 79.7 Å². The molecule has 150 valence electrons. The number of esters is 1. The number of piperidine rings is 1. The summed E-state index contributed by atoms with van der Waals surface area (Å²) in [5, 5.41) is 12.2. The Morgan fingerprint density at radius 1 is 1.22 bits per heavy atom. The molecule has 0 aromatic carbocycles. The van der Waals surface area contributed by atoms with Gasteiger partial charge >= 0.3 is 12.1 Å². The molecule has 0 bridgehead atoms. The molecule has 2 unspecified atom stereocenters. The van der Waals surface area contributed by atoms with Crippen molar-refractivity contribution >= 4 is 23.4 Å². The van der Waals surface area contributed by atoms with Crippen LogP contribution in [-0.2, 0) is 4.74 Å². The van der Waals surface area contributed by atoms with Crippen molar-refractivity contribution in [2.45, 2.75) is 83.8 Å². The average Bonchev–Trinajstić information content (AvgIpc) is 3.11. The minimum Gasteiger partial charge on any atom is -0.465 e. The Balaban J connectivity index is 1.66.